The molecule has 0 unspecified atom stereocenters. The highest BCUT2D eigenvalue weighted by Crippen LogP contribution is 2.28. The van der Waals surface area contributed by atoms with E-state index in [1.165, 1.54) is 0 Å². The van der Waals surface area contributed by atoms with Gasteiger partial charge < -0.3 is 10.0 Å². The number of hydrogen-bond acceptors (Lipinski definition) is 3. The molecule has 0 bridgehead atoms. The first kappa shape index (κ1) is 12.2. The molecule has 2 aromatic rings. The van der Waals surface area contributed by atoms with Gasteiger partial charge in [0, 0.05) is 25.9 Å². The van der Waals surface area contributed by atoms with Gasteiger partial charge in [0.15, 0.2) is 0 Å². The van der Waals surface area contributed by atoms with Gasteiger partial charge in [0.25, 0.3) is 0 Å². The molecule has 0 aliphatic rings. The van der Waals surface area contributed by atoms with Crippen molar-refractivity contribution in [1.82, 2.24) is 0 Å². The largest absolute Gasteiger partial charge is 0.505 e. The standard InChI is InChI=1S/C15H16N2O/c1-17(2)14-10-6-7-12(15(14)18)11-16-13-8-4-3-5-9-13/h3-11,18H,1-2H3. The number of phenols is 1. The molecule has 0 heterocycles. The Hall–Kier alpha value is -2.29. The summed E-state index contributed by atoms with van der Waals surface area (Å²) in [5.74, 6) is 0.252. The average molecular weight is 240 g/mol. The van der Waals surface area contributed by atoms with E-state index in [4.69, 9.17) is 0 Å². The van der Waals surface area contributed by atoms with Crippen LogP contribution in [0.4, 0.5) is 11.4 Å². The van der Waals surface area contributed by atoms with Crippen LogP contribution in [0, 0.1) is 0 Å². The SMILES string of the molecule is CN(C)c1cccc(C=Nc2ccccc2)c1O. The lowest BCUT2D eigenvalue weighted by Crippen LogP contribution is -2.09. The molecule has 3 nitrogen and oxygen atoms in total. The Labute approximate surface area is 107 Å². The van der Waals surface area contributed by atoms with Gasteiger partial charge in [-0.3, -0.25) is 4.99 Å². The minimum absolute atomic E-state index is 0.252. The van der Waals surface area contributed by atoms with Crippen LogP contribution in [0.2, 0.25) is 0 Å². The Morgan fingerprint density at radius 3 is 2.39 bits per heavy atom. The third-order valence-corrected chi connectivity index (χ3v) is 2.64. The monoisotopic (exact) mass is 240 g/mol. The predicted octanol–water partition coefficient (Wildman–Crippen LogP) is 3.21. The number of nitrogens with zero attached hydrogens (tertiary/aromatic N) is 2. The molecule has 92 valence electrons. The number of aliphatic imine (C=N–C) groups is 1. The lowest BCUT2D eigenvalue weighted by Gasteiger charge is -2.15. The molecular weight excluding hydrogens is 224 g/mol. The van der Waals surface area contributed by atoms with Gasteiger partial charge in [0.1, 0.15) is 5.75 Å². The van der Waals surface area contributed by atoms with Gasteiger partial charge in [0.05, 0.1) is 11.4 Å². The zero-order valence-electron chi connectivity index (χ0n) is 10.5. The van der Waals surface area contributed by atoms with Crippen molar-refractivity contribution in [3.8, 4) is 5.75 Å². The maximum absolute atomic E-state index is 10.1. The fraction of sp³-hybridized carbons (Fsp3) is 0.133. The van der Waals surface area contributed by atoms with Crippen molar-refractivity contribution >= 4 is 17.6 Å². The molecule has 1 N–H and O–H groups in total. The van der Waals surface area contributed by atoms with Gasteiger partial charge >= 0.3 is 0 Å². The molecule has 0 atom stereocenters. The summed E-state index contributed by atoms with van der Waals surface area (Å²) in [6.45, 7) is 0. The zero-order valence-corrected chi connectivity index (χ0v) is 10.5. The predicted molar refractivity (Wildman–Crippen MR) is 76.1 cm³/mol. The smallest absolute Gasteiger partial charge is 0.147 e. The summed E-state index contributed by atoms with van der Waals surface area (Å²) in [6, 6.07) is 15.3. The second-order valence-electron chi connectivity index (χ2n) is 4.20. The summed E-state index contributed by atoms with van der Waals surface area (Å²) in [7, 11) is 3.79. The number of para-hydroxylation sites is 2. The fourth-order valence-electron chi connectivity index (χ4n) is 1.67. The van der Waals surface area contributed by atoms with Crippen LogP contribution in [-0.2, 0) is 0 Å². The minimum atomic E-state index is 0.252. The van der Waals surface area contributed by atoms with Crippen molar-refractivity contribution in [2.45, 2.75) is 0 Å². The van der Waals surface area contributed by atoms with E-state index in [1.54, 1.807) is 6.21 Å². The van der Waals surface area contributed by atoms with Gasteiger partial charge in [-0.1, -0.05) is 24.3 Å². The lowest BCUT2D eigenvalue weighted by atomic mass is 10.2. The molecule has 3 heteroatoms. The number of benzene rings is 2. The summed E-state index contributed by atoms with van der Waals surface area (Å²) in [5, 5.41) is 10.1. The molecule has 18 heavy (non-hydrogen) atoms. The summed E-state index contributed by atoms with van der Waals surface area (Å²) in [4.78, 5) is 6.20. The Balaban J connectivity index is 2.30. The first-order valence-electron chi connectivity index (χ1n) is 5.77. The van der Waals surface area contributed by atoms with E-state index >= 15 is 0 Å². The first-order chi connectivity index (χ1) is 8.68. The third-order valence-electron chi connectivity index (χ3n) is 2.64. The molecule has 0 spiro atoms. The molecule has 0 saturated heterocycles. The Morgan fingerprint density at radius 1 is 1.00 bits per heavy atom. The molecule has 0 amide bonds. The van der Waals surface area contributed by atoms with E-state index < -0.39 is 0 Å². The Kier molecular flexibility index (Phi) is 3.63. The summed E-state index contributed by atoms with van der Waals surface area (Å²) >= 11 is 0. The second-order valence-corrected chi connectivity index (χ2v) is 4.20. The van der Waals surface area contributed by atoms with Crippen molar-refractivity contribution in [3.05, 3.63) is 54.1 Å². The topological polar surface area (TPSA) is 35.8 Å². The van der Waals surface area contributed by atoms with E-state index in [0.29, 0.717) is 5.56 Å². The van der Waals surface area contributed by atoms with Crippen LogP contribution in [0.1, 0.15) is 5.56 Å². The van der Waals surface area contributed by atoms with Crippen LogP contribution >= 0.6 is 0 Å². The normalized spacial score (nSPS) is 10.8. The van der Waals surface area contributed by atoms with E-state index in [0.717, 1.165) is 11.4 Å². The number of phenolic OH excluding ortho intramolecular Hbond substituents is 1. The van der Waals surface area contributed by atoms with Gasteiger partial charge in [-0.15, -0.1) is 0 Å². The first-order valence-corrected chi connectivity index (χ1v) is 5.77. The van der Waals surface area contributed by atoms with E-state index in [9.17, 15) is 5.11 Å². The Morgan fingerprint density at radius 2 is 1.72 bits per heavy atom. The van der Waals surface area contributed by atoms with Crippen LogP contribution in [0.5, 0.6) is 5.75 Å². The van der Waals surface area contributed by atoms with Crippen LogP contribution in [0.15, 0.2) is 53.5 Å². The second kappa shape index (κ2) is 5.36. The van der Waals surface area contributed by atoms with Crippen molar-refractivity contribution in [3.63, 3.8) is 0 Å². The quantitative estimate of drug-likeness (QED) is 0.836. The highest BCUT2D eigenvalue weighted by atomic mass is 16.3. The fourth-order valence-corrected chi connectivity index (χ4v) is 1.67. The lowest BCUT2D eigenvalue weighted by molar-refractivity contribution is 0.475. The Bertz CT molecular complexity index is 548. The summed E-state index contributed by atoms with van der Waals surface area (Å²) < 4.78 is 0. The molecular formula is C15H16N2O. The number of hydrogen-bond donors (Lipinski definition) is 1. The van der Waals surface area contributed by atoms with Crippen molar-refractivity contribution in [2.24, 2.45) is 4.99 Å². The van der Waals surface area contributed by atoms with Gasteiger partial charge in [0.2, 0.25) is 0 Å². The highest BCUT2D eigenvalue weighted by Gasteiger charge is 2.06. The highest BCUT2D eigenvalue weighted by molar-refractivity contribution is 5.88. The molecule has 0 aromatic heterocycles. The molecule has 2 aromatic carbocycles. The molecule has 0 aliphatic heterocycles. The van der Waals surface area contributed by atoms with Crippen LogP contribution in [0.25, 0.3) is 0 Å². The van der Waals surface area contributed by atoms with E-state index in [1.807, 2.05) is 67.5 Å². The van der Waals surface area contributed by atoms with Crippen LogP contribution in [0.3, 0.4) is 0 Å². The summed E-state index contributed by atoms with van der Waals surface area (Å²) in [6.07, 6.45) is 1.68. The van der Waals surface area contributed by atoms with Crippen molar-refractivity contribution in [2.75, 3.05) is 19.0 Å². The number of anilines is 1. The maximum Gasteiger partial charge on any atom is 0.147 e. The molecule has 0 aliphatic carbocycles. The third kappa shape index (κ3) is 2.69. The van der Waals surface area contributed by atoms with Gasteiger partial charge in [-0.2, -0.15) is 0 Å². The van der Waals surface area contributed by atoms with E-state index in [2.05, 4.69) is 4.99 Å². The number of aromatic hydroxyl groups is 1. The van der Waals surface area contributed by atoms with Crippen LogP contribution < -0.4 is 4.90 Å². The minimum Gasteiger partial charge on any atom is -0.505 e. The number of rotatable bonds is 3. The van der Waals surface area contributed by atoms with Gasteiger partial charge in [-0.05, 0) is 24.3 Å². The molecule has 0 saturated carbocycles. The average Bonchev–Trinajstić information content (AvgIpc) is 2.38. The van der Waals surface area contributed by atoms with Gasteiger partial charge in [-0.25, -0.2) is 0 Å². The maximum atomic E-state index is 10.1. The molecule has 0 radical (unpaired) electrons. The summed E-state index contributed by atoms with van der Waals surface area (Å²) in [5.41, 5.74) is 2.37. The molecule has 0 fully saturated rings. The zero-order chi connectivity index (χ0) is 13.0. The van der Waals surface area contributed by atoms with Crippen molar-refractivity contribution in [1.29, 1.82) is 0 Å². The van der Waals surface area contributed by atoms with E-state index in [-0.39, 0.29) is 5.75 Å². The molecule has 2 rings (SSSR count). The van der Waals surface area contributed by atoms with Crippen molar-refractivity contribution < 1.29 is 5.11 Å². The van der Waals surface area contributed by atoms with Crippen LogP contribution in [-0.4, -0.2) is 25.4 Å².